The van der Waals surface area contributed by atoms with Crippen molar-refractivity contribution in [2.45, 2.75) is 6.54 Å². The number of amides is 1. The number of benzene rings is 2. The van der Waals surface area contributed by atoms with Crippen molar-refractivity contribution in [3.05, 3.63) is 82.6 Å². The number of thiazole rings is 1. The van der Waals surface area contributed by atoms with Gasteiger partial charge >= 0.3 is 0 Å². The van der Waals surface area contributed by atoms with Crippen molar-refractivity contribution in [1.29, 1.82) is 0 Å². The van der Waals surface area contributed by atoms with E-state index in [1.165, 1.54) is 11.3 Å². The number of hydrogen-bond acceptors (Lipinski definition) is 5. The van der Waals surface area contributed by atoms with Gasteiger partial charge in [0, 0.05) is 22.4 Å². The summed E-state index contributed by atoms with van der Waals surface area (Å²) in [5.41, 5.74) is 2.33. The number of fused-ring (bicyclic) bond motifs is 1. The first kappa shape index (κ1) is 18.6. The molecular weight excluding hydrogens is 438 g/mol. The standard InChI is InChI=1S/C21H16BrN3O2S/c1-27-17-6-2-5-15(10-17)20(26)25(13-14-4-3-9-23-12-14)21-24-18-8-7-16(22)11-19(18)28-21/h2-12H,13H2,1H3. The number of carbonyl (C=O) groups excluding carboxylic acids is 1. The van der Waals surface area contributed by atoms with Crippen LogP contribution in [-0.2, 0) is 6.54 Å². The van der Waals surface area contributed by atoms with Gasteiger partial charge < -0.3 is 4.74 Å². The third-order valence-corrected chi connectivity index (χ3v) is 5.73. The molecule has 0 aliphatic carbocycles. The van der Waals surface area contributed by atoms with E-state index in [0.29, 0.717) is 23.0 Å². The van der Waals surface area contributed by atoms with Crippen LogP contribution in [0.4, 0.5) is 5.13 Å². The van der Waals surface area contributed by atoms with Crippen LogP contribution in [0.2, 0.25) is 0 Å². The predicted molar refractivity (Wildman–Crippen MR) is 115 cm³/mol. The molecule has 2 aromatic carbocycles. The lowest BCUT2D eigenvalue weighted by atomic mass is 10.1. The van der Waals surface area contributed by atoms with Crippen LogP contribution in [0.3, 0.4) is 0 Å². The average Bonchev–Trinajstić information content (AvgIpc) is 3.15. The third kappa shape index (κ3) is 3.90. The van der Waals surface area contributed by atoms with E-state index in [1.807, 2.05) is 42.5 Å². The third-order valence-electron chi connectivity index (χ3n) is 4.20. The smallest absolute Gasteiger partial charge is 0.260 e. The first-order valence-corrected chi connectivity index (χ1v) is 10.2. The molecule has 1 amide bonds. The summed E-state index contributed by atoms with van der Waals surface area (Å²) in [7, 11) is 1.59. The summed E-state index contributed by atoms with van der Waals surface area (Å²) in [6.07, 6.45) is 3.47. The maximum Gasteiger partial charge on any atom is 0.260 e. The second-order valence-electron chi connectivity index (χ2n) is 6.09. The number of carbonyl (C=O) groups is 1. The van der Waals surface area contributed by atoms with Crippen molar-refractivity contribution >= 4 is 48.5 Å². The lowest BCUT2D eigenvalue weighted by molar-refractivity contribution is 0.0985. The van der Waals surface area contributed by atoms with Crippen LogP contribution in [0.5, 0.6) is 5.75 Å². The van der Waals surface area contributed by atoms with Crippen molar-refractivity contribution in [1.82, 2.24) is 9.97 Å². The predicted octanol–water partition coefficient (Wildman–Crippen LogP) is 5.31. The molecule has 0 fully saturated rings. The Morgan fingerprint density at radius 1 is 1.18 bits per heavy atom. The topological polar surface area (TPSA) is 55.3 Å². The molecule has 0 unspecified atom stereocenters. The number of anilines is 1. The zero-order chi connectivity index (χ0) is 19.5. The van der Waals surface area contributed by atoms with Gasteiger partial charge in [0.05, 0.1) is 23.9 Å². The molecule has 0 saturated carbocycles. The zero-order valence-electron chi connectivity index (χ0n) is 15.0. The molecule has 140 valence electrons. The van der Waals surface area contributed by atoms with Crippen LogP contribution in [0.25, 0.3) is 10.2 Å². The largest absolute Gasteiger partial charge is 0.497 e. The Balaban J connectivity index is 1.77. The second kappa shape index (κ2) is 8.08. The SMILES string of the molecule is COc1cccc(C(=O)N(Cc2cccnc2)c2nc3ccc(Br)cc3s2)c1. The normalized spacial score (nSPS) is 10.8. The summed E-state index contributed by atoms with van der Waals surface area (Å²) < 4.78 is 7.26. The van der Waals surface area contributed by atoms with E-state index in [0.717, 1.165) is 20.3 Å². The van der Waals surface area contributed by atoms with Gasteiger partial charge in [-0.15, -0.1) is 0 Å². The van der Waals surface area contributed by atoms with Crippen molar-refractivity contribution in [3.8, 4) is 5.75 Å². The average molecular weight is 454 g/mol. The van der Waals surface area contributed by atoms with E-state index in [2.05, 4.69) is 20.9 Å². The Morgan fingerprint density at radius 2 is 2.07 bits per heavy atom. The highest BCUT2D eigenvalue weighted by molar-refractivity contribution is 9.10. The molecule has 4 aromatic rings. The number of hydrogen-bond donors (Lipinski definition) is 0. The van der Waals surface area contributed by atoms with Gasteiger partial charge in [-0.2, -0.15) is 0 Å². The van der Waals surface area contributed by atoms with E-state index < -0.39 is 0 Å². The number of halogens is 1. The Labute approximate surface area is 174 Å². The summed E-state index contributed by atoms with van der Waals surface area (Å²) in [5.74, 6) is 0.501. The van der Waals surface area contributed by atoms with Crippen molar-refractivity contribution in [3.63, 3.8) is 0 Å². The Kier molecular flexibility index (Phi) is 5.36. The maximum absolute atomic E-state index is 13.4. The van der Waals surface area contributed by atoms with E-state index in [9.17, 15) is 4.79 Å². The first-order valence-electron chi connectivity index (χ1n) is 8.55. The molecule has 28 heavy (non-hydrogen) atoms. The lowest BCUT2D eigenvalue weighted by Gasteiger charge is -2.20. The number of pyridine rings is 1. The molecule has 7 heteroatoms. The quantitative estimate of drug-likeness (QED) is 0.410. The molecule has 0 bridgehead atoms. The molecule has 4 rings (SSSR count). The van der Waals surface area contributed by atoms with Gasteiger partial charge in [-0.1, -0.05) is 39.4 Å². The highest BCUT2D eigenvalue weighted by atomic mass is 79.9. The molecule has 0 atom stereocenters. The van der Waals surface area contributed by atoms with Gasteiger partial charge in [0.15, 0.2) is 5.13 Å². The molecule has 0 N–H and O–H groups in total. The zero-order valence-corrected chi connectivity index (χ0v) is 17.4. The van der Waals surface area contributed by atoms with Gasteiger partial charge in [0.25, 0.3) is 5.91 Å². The van der Waals surface area contributed by atoms with E-state index in [1.54, 1.807) is 36.5 Å². The van der Waals surface area contributed by atoms with Gasteiger partial charge in [0.2, 0.25) is 0 Å². The molecule has 5 nitrogen and oxygen atoms in total. The van der Waals surface area contributed by atoms with Crippen LogP contribution < -0.4 is 9.64 Å². The lowest BCUT2D eigenvalue weighted by Crippen LogP contribution is -2.30. The summed E-state index contributed by atoms with van der Waals surface area (Å²) in [6, 6.07) is 16.9. The van der Waals surface area contributed by atoms with Crippen molar-refractivity contribution in [2.75, 3.05) is 12.0 Å². The van der Waals surface area contributed by atoms with Crippen LogP contribution in [0.1, 0.15) is 15.9 Å². The molecule has 0 aliphatic rings. The number of methoxy groups -OCH3 is 1. The summed E-state index contributed by atoms with van der Waals surface area (Å²) in [4.78, 5) is 23.9. The van der Waals surface area contributed by atoms with Crippen molar-refractivity contribution < 1.29 is 9.53 Å². The minimum absolute atomic E-state index is 0.138. The Hall–Kier alpha value is -2.77. The monoisotopic (exact) mass is 453 g/mol. The van der Waals surface area contributed by atoms with Gasteiger partial charge in [0.1, 0.15) is 5.75 Å². The van der Waals surface area contributed by atoms with Crippen LogP contribution in [-0.4, -0.2) is 23.0 Å². The molecule has 2 heterocycles. The van der Waals surface area contributed by atoms with Gasteiger partial charge in [-0.05, 0) is 48.0 Å². The fourth-order valence-electron chi connectivity index (χ4n) is 2.81. The molecular formula is C21H16BrN3O2S. The molecule has 0 spiro atoms. The number of aromatic nitrogens is 2. The van der Waals surface area contributed by atoms with Gasteiger partial charge in [-0.25, -0.2) is 4.98 Å². The van der Waals surface area contributed by atoms with Crippen LogP contribution >= 0.6 is 27.3 Å². The Morgan fingerprint density at radius 3 is 2.86 bits per heavy atom. The number of ether oxygens (including phenoxy) is 1. The highest BCUT2D eigenvalue weighted by Gasteiger charge is 2.22. The fraction of sp³-hybridized carbons (Fsp3) is 0.0952. The van der Waals surface area contributed by atoms with Gasteiger partial charge in [-0.3, -0.25) is 14.7 Å². The first-order chi connectivity index (χ1) is 13.6. The van der Waals surface area contributed by atoms with E-state index in [4.69, 9.17) is 9.72 Å². The summed E-state index contributed by atoms with van der Waals surface area (Å²) in [6.45, 7) is 0.380. The summed E-state index contributed by atoms with van der Waals surface area (Å²) >= 11 is 4.97. The number of rotatable bonds is 5. The maximum atomic E-state index is 13.4. The molecule has 0 aliphatic heterocycles. The fourth-order valence-corrected chi connectivity index (χ4v) is 4.33. The summed E-state index contributed by atoms with van der Waals surface area (Å²) in [5, 5.41) is 0.643. The number of nitrogens with zero attached hydrogens (tertiary/aromatic N) is 3. The molecule has 0 saturated heterocycles. The van der Waals surface area contributed by atoms with Crippen LogP contribution in [0.15, 0.2) is 71.5 Å². The van der Waals surface area contributed by atoms with Crippen molar-refractivity contribution in [2.24, 2.45) is 0 Å². The van der Waals surface area contributed by atoms with E-state index >= 15 is 0 Å². The second-order valence-corrected chi connectivity index (χ2v) is 8.02. The Bertz CT molecular complexity index is 1130. The van der Waals surface area contributed by atoms with E-state index in [-0.39, 0.29) is 5.91 Å². The molecule has 2 aromatic heterocycles. The molecule has 0 radical (unpaired) electrons. The van der Waals surface area contributed by atoms with Crippen LogP contribution in [0, 0.1) is 0 Å². The minimum Gasteiger partial charge on any atom is -0.497 e. The highest BCUT2D eigenvalue weighted by Crippen LogP contribution is 2.32. The minimum atomic E-state index is -0.138.